The lowest BCUT2D eigenvalue weighted by atomic mass is 9.89. The van der Waals surface area contributed by atoms with E-state index in [4.69, 9.17) is 5.11 Å². The molecule has 3 nitrogen and oxygen atoms in total. The third-order valence-electron chi connectivity index (χ3n) is 3.30. The first-order valence-corrected chi connectivity index (χ1v) is 6.20. The Balaban J connectivity index is 0.00000200. The summed E-state index contributed by atoms with van der Waals surface area (Å²) in [6, 6.07) is 4.66. The fraction of sp³-hybridized carbons (Fsp3) is 0.538. The topological polar surface area (TPSA) is 41.5 Å². The van der Waals surface area contributed by atoms with E-state index in [2.05, 4.69) is 10.1 Å². The molecule has 1 aromatic rings. The van der Waals surface area contributed by atoms with Crippen molar-refractivity contribution < 1.29 is 23.0 Å². The number of piperidine rings is 1. The molecule has 1 aliphatic rings. The smallest absolute Gasteiger partial charge is 0.405 e. The molecule has 0 unspecified atom stereocenters. The van der Waals surface area contributed by atoms with Crippen LogP contribution in [0.2, 0.25) is 0 Å². The van der Waals surface area contributed by atoms with Crippen LogP contribution < -0.4 is 10.1 Å². The number of ether oxygens (including phenoxy) is 1. The molecule has 0 aliphatic carbocycles. The Bertz CT molecular complexity index is 434. The van der Waals surface area contributed by atoms with Crippen LogP contribution in [0.3, 0.4) is 0 Å². The zero-order chi connectivity index (χ0) is 13.9. The van der Waals surface area contributed by atoms with Gasteiger partial charge in [-0.1, -0.05) is 12.1 Å². The molecule has 1 aliphatic heterocycles. The first kappa shape index (κ1) is 17.1. The van der Waals surface area contributed by atoms with Crippen LogP contribution in [0.5, 0.6) is 5.75 Å². The van der Waals surface area contributed by atoms with Crippen LogP contribution in [0, 0.1) is 0 Å². The molecule has 2 N–H and O–H groups in total. The number of benzene rings is 1. The van der Waals surface area contributed by atoms with Crippen LogP contribution in [-0.2, 0) is 6.61 Å². The summed E-state index contributed by atoms with van der Waals surface area (Å²) in [5.41, 5.74) is 0.980. The lowest BCUT2D eigenvalue weighted by Gasteiger charge is -2.24. The van der Waals surface area contributed by atoms with E-state index in [1.54, 1.807) is 6.07 Å². The normalized spacial score (nSPS) is 16.6. The Morgan fingerprint density at radius 1 is 1.25 bits per heavy atom. The Morgan fingerprint density at radius 3 is 2.45 bits per heavy atom. The fourth-order valence-corrected chi connectivity index (χ4v) is 2.33. The van der Waals surface area contributed by atoms with Gasteiger partial charge in [0, 0.05) is 5.56 Å². The van der Waals surface area contributed by atoms with E-state index >= 15 is 0 Å². The van der Waals surface area contributed by atoms with Crippen LogP contribution in [-0.4, -0.2) is 24.6 Å². The molecule has 0 saturated carbocycles. The molecule has 20 heavy (non-hydrogen) atoms. The van der Waals surface area contributed by atoms with Crippen molar-refractivity contribution in [2.75, 3.05) is 13.1 Å². The summed E-state index contributed by atoms with van der Waals surface area (Å²) in [5, 5.41) is 12.3. The van der Waals surface area contributed by atoms with Gasteiger partial charge in [-0.2, -0.15) is 0 Å². The maximum atomic E-state index is 12.3. The summed E-state index contributed by atoms with van der Waals surface area (Å²) in [5.74, 6) is -0.0596. The minimum absolute atomic E-state index is 0. The predicted octanol–water partition coefficient (Wildman–Crippen LogP) is 2.97. The zero-order valence-corrected chi connectivity index (χ0v) is 11.6. The van der Waals surface area contributed by atoms with E-state index in [1.807, 2.05) is 0 Å². The summed E-state index contributed by atoms with van der Waals surface area (Å²) < 4.78 is 40.9. The lowest BCUT2D eigenvalue weighted by molar-refractivity contribution is -0.275. The molecule has 1 heterocycles. The Morgan fingerprint density at radius 2 is 1.90 bits per heavy atom. The van der Waals surface area contributed by atoms with Crippen molar-refractivity contribution in [1.29, 1.82) is 0 Å². The minimum atomic E-state index is -4.74. The van der Waals surface area contributed by atoms with Crippen LogP contribution >= 0.6 is 12.4 Å². The maximum absolute atomic E-state index is 12.3. The zero-order valence-electron chi connectivity index (χ0n) is 10.7. The number of hydrogen-bond acceptors (Lipinski definition) is 3. The van der Waals surface area contributed by atoms with E-state index < -0.39 is 13.0 Å². The predicted molar refractivity (Wildman–Crippen MR) is 71.1 cm³/mol. The number of aliphatic hydroxyl groups is 1. The highest BCUT2D eigenvalue weighted by Gasteiger charge is 2.32. The summed E-state index contributed by atoms with van der Waals surface area (Å²) in [4.78, 5) is 0. The summed E-state index contributed by atoms with van der Waals surface area (Å²) in [6.07, 6.45) is -2.95. The van der Waals surface area contributed by atoms with Gasteiger partial charge in [-0.25, -0.2) is 0 Å². The van der Waals surface area contributed by atoms with E-state index in [-0.39, 0.29) is 29.6 Å². The summed E-state index contributed by atoms with van der Waals surface area (Å²) in [7, 11) is 0. The molecule has 0 radical (unpaired) electrons. The van der Waals surface area contributed by atoms with Crippen LogP contribution in [0.4, 0.5) is 13.2 Å². The largest absolute Gasteiger partial charge is 0.573 e. The average Bonchev–Trinajstić information content (AvgIpc) is 2.38. The number of halogens is 4. The van der Waals surface area contributed by atoms with Gasteiger partial charge in [0.05, 0.1) is 6.61 Å². The molecule has 1 aromatic carbocycles. The van der Waals surface area contributed by atoms with E-state index in [1.165, 1.54) is 12.1 Å². The molecule has 1 saturated heterocycles. The first-order valence-electron chi connectivity index (χ1n) is 6.20. The van der Waals surface area contributed by atoms with Crippen molar-refractivity contribution in [2.24, 2.45) is 0 Å². The first-order chi connectivity index (χ1) is 8.99. The van der Waals surface area contributed by atoms with E-state index in [0.29, 0.717) is 0 Å². The minimum Gasteiger partial charge on any atom is -0.405 e. The lowest BCUT2D eigenvalue weighted by Crippen LogP contribution is -2.26. The van der Waals surface area contributed by atoms with Crippen LogP contribution in [0.1, 0.15) is 29.9 Å². The quantitative estimate of drug-likeness (QED) is 0.902. The maximum Gasteiger partial charge on any atom is 0.573 e. The van der Waals surface area contributed by atoms with Gasteiger partial charge in [0.1, 0.15) is 5.75 Å². The van der Waals surface area contributed by atoms with Gasteiger partial charge < -0.3 is 15.2 Å². The standard InChI is InChI=1S/C13H16F3NO2.ClH/c14-13(15,16)19-12-7-10(1-2-11(12)8-18)9-3-5-17-6-4-9;/h1-2,7,9,17-18H,3-6,8H2;1H. The van der Waals surface area contributed by atoms with E-state index in [9.17, 15) is 13.2 Å². The monoisotopic (exact) mass is 311 g/mol. The molecule has 0 spiro atoms. The third-order valence-corrected chi connectivity index (χ3v) is 3.30. The highest BCUT2D eigenvalue weighted by molar-refractivity contribution is 5.85. The van der Waals surface area contributed by atoms with Gasteiger partial charge in [-0.05, 0) is 43.5 Å². The molecular weight excluding hydrogens is 295 g/mol. The highest BCUT2D eigenvalue weighted by Crippen LogP contribution is 2.32. The number of alkyl halides is 3. The third kappa shape index (κ3) is 4.54. The van der Waals surface area contributed by atoms with Gasteiger partial charge in [0.25, 0.3) is 0 Å². The van der Waals surface area contributed by atoms with Crippen molar-refractivity contribution in [3.05, 3.63) is 29.3 Å². The second-order valence-corrected chi connectivity index (χ2v) is 4.60. The second kappa shape index (κ2) is 7.15. The molecule has 1 fully saturated rings. The van der Waals surface area contributed by atoms with Gasteiger partial charge >= 0.3 is 6.36 Å². The van der Waals surface area contributed by atoms with Crippen molar-refractivity contribution >= 4 is 12.4 Å². The van der Waals surface area contributed by atoms with Crippen molar-refractivity contribution in [1.82, 2.24) is 5.32 Å². The van der Waals surface area contributed by atoms with Crippen molar-refractivity contribution in [2.45, 2.75) is 31.7 Å². The fourth-order valence-electron chi connectivity index (χ4n) is 2.33. The van der Waals surface area contributed by atoms with Gasteiger partial charge in [0.2, 0.25) is 0 Å². The second-order valence-electron chi connectivity index (χ2n) is 4.60. The van der Waals surface area contributed by atoms with E-state index in [0.717, 1.165) is 31.5 Å². The Kier molecular flexibility index (Phi) is 6.10. The van der Waals surface area contributed by atoms with Gasteiger partial charge in [-0.15, -0.1) is 25.6 Å². The van der Waals surface area contributed by atoms with Gasteiger partial charge in [0.15, 0.2) is 0 Å². The molecule has 2 rings (SSSR count). The molecule has 114 valence electrons. The summed E-state index contributed by atoms with van der Waals surface area (Å²) >= 11 is 0. The Hall–Kier alpha value is -0.980. The molecule has 0 atom stereocenters. The van der Waals surface area contributed by atoms with Crippen LogP contribution in [0.15, 0.2) is 18.2 Å². The SMILES string of the molecule is Cl.OCc1ccc(C2CCNCC2)cc1OC(F)(F)F. The molecule has 0 amide bonds. The summed E-state index contributed by atoms with van der Waals surface area (Å²) in [6.45, 7) is 1.25. The average molecular weight is 312 g/mol. The highest BCUT2D eigenvalue weighted by atomic mass is 35.5. The molecular formula is C13H17ClF3NO2. The molecule has 7 heteroatoms. The number of aliphatic hydroxyl groups excluding tert-OH is 1. The van der Waals surface area contributed by atoms with Crippen molar-refractivity contribution in [3.8, 4) is 5.75 Å². The van der Waals surface area contributed by atoms with Crippen molar-refractivity contribution in [3.63, 3.8) is 0 Å². The number of nitrogens with one attached hydrogen (secondary N) is 1. The number of rotatable bonds is 3. The van der Waals surface area contributed by atoms with Gasteiger partial charge in [-0.3, -0.25) is 0 Å². The Labute approximate surface area is 121 Å². The molecule has 0 bridgehead atoms. The van der Waals surface area contributed by atoms with Crippen LogP contribution in [0.25, 0.3) is 0 Å². The molecule has 0 aromatic heterocycles. The number of hydrogen-bond donors (Lipinski definition) is 2.